The van der Waals surface area contributed by atoms with E-state index in [4.69, 9.17) is 9.47 Å². The van der Waals surface area contributed by atoms with Gasteiger partial charge in [0, 0.05) is 12.3 Å². The average Bonchev–Trinajstić information content (AvgIpc) is 3.14. The molecule has 0 bridgehead atoms. The van der Waals surface area contributed by atoms with Gasteiger partial charge >= 0.3 is 5.97 Å². The van der Waals surface area contributed by atoms with Crippen LogP contribution in [0.3, 0.4) is 0 Å². The summed E-state index contributed by atoms with van der Waals surface area (Å²) in [6, 6.07) is 36.8. The van der Waals surface area contributed by atoms with E-state index in [1.54, 1.807) is 30.3 Å². The summed E-state index contributed by atoms with van der Waals surface area (Å²) < 4.78 is 13.2. The largest absolute Gasteiger partial charge is 0.450 e. The van der Waals surface area contributed by atoms with Crippen molar-refractivity contribution in [3.63, 3.8) is 0 Å². The first-order valence-electron chi connectivity index (χ1n) is 13.6. The molecule has 4 aromatic carbocycles. The van der Waals surface area contributed by atoms with E-state index in [1.807, 2.05) is 91.0 Å². The quantitative estimate of drug-likeness (QED) is 0.332. The van der Waals surface area contributed by atoms with Gasteiger partial charge in [-0.1, -0.05) is 121 Å². The Hall–Kier alpha value is -3.81. The number of ether oxygens (including phenoxy) is 2. The second-order valence-corrected chi connectivity index (χ2v) is 11.1. The second kappa shape index (κ2) is 8.85. The summed E-state index contributed by atoms with van der Waals surface area (Å²) in [4.78, 5) is 14.2. The zero-order valence-electron chi connectivity index (χ0n) is 21.8. The molecule has 7 rings (SSSR count). The van der Waals surface area contributed by atoms with Crippen LogP contribution in [0, 0.1) is 0 Å². The van der Waals surface area contributed by atoms with Crippen LogP contribution < -0.4 is 0 Å². The van der Waals surface area contributed by atoms with Gasteiger partial charge in [0.2, 0.25) is 5.60 Å². The van der Waals surface area contributed by atoms with Gasteiger partial charge in [0.15, 0.2) is 16.8 Å². The third-order valence-corrected chi connectivity index (χ3v) is 9.23. The molecule has 2 aliphatic heterocycles. The molecule has 6 nitrogen and oxygen atoms in total. The number of hydrogen-bond acceptors (Lipinski definition) is 6. The first-order chi connectivity index (χ1) is 19.4. The monoisotopic (exact) mass is 534 g/mol. The lowest BCUT2D eigenvalue weighted by Crippen LogP contribution is -2.88. The van der Waals surface area contributed by atoms with Crippen LogP contribution >= 0.6 is 0 Å². The van der Waals surface area contributed by atoms with E-state index in [2.05, 4.69) is 0 Å². The molecule has 4 aromatic rings. The molecule has 0 spiro atoms. The number of aliphatic hydroxyl groups is 3. The van der Waals surface area contributed by atoms with Gasteiger partial charge in [0.05, 0.1) is 6.10 Å². The topological polar surface area (TPSA) is 96.2 Å². The molecule has 3 fully saturated rings. The van der Waals surface area contributed by atoms with Crippen LogP contribution in [0.2, 0.25) is 0 Å². The van der Waals surface area contributed by atoms with Crippen LogP contribution in [0.4, 0.5) is 0 Å². The summed E-state index contributed by atoms with van der Waals surface area (Å²) in [7, 11) is 0. The predicted molar refractivity (Wildman–Crippen MR) is 147 cm³/mol. The van der Waals surface area contributed by atoms with E-state index < -0.39 is 46.5 Å². The lowest BCUT2D eigenvalue weighted by Gasteiger charge is -2.71. The molecule has 1 aliphatic carbocycles. The van der Waals surface area contributed by atoms with E-state index in [0.29, 0.717) is 11.1 Å². The lowest BCUT2D eigenvalue weighted by atomic mass is 9.45. The van der Waals surface area contributed by atoms with E-state index in [-0.39, 0.29) is 12.8 Å². The minimum absolute atomic E-state index is 0.0819. The fourth-order valence-electron chi connectivity index (χ4n) is 7.60. The molecule has 2 heterocycles. The Bertz CT molecular complexity index is 1530. The Kier molecular flexibility index (Phi) is 5.57. The standard InChI is InChI=1S/C34H30O6/c35-28-21-27(24-15-7-2-8-16-24)33-29(25-17-9-3-10-18-25)39-34(33,32(28,38)26-19-11-4-12-20-26)31(37,30(36)40-33)22-23-13-5-1-6-14-23/h1-20,27-29,35,37-38H,21-22H2/t27-,28+,29?,31-,32-,33-,34-/m1/s1. The minimum atomic E-state index is -2.32. The molecule has 3 N–H and O–H groups in total. The predicted octanol–water partition coefficient (Wildman–Crippen LogP) is 4.20. The third-order valence-electron chi connectivity index (χ3n) is 9.23. The van der Waals surface area contributed by atoms with Crippen molar-refractivity contribution in [2.45, 2.75) is 53.4 Å². The highest BCUT2D eigenvalue weighted by atomic mass is 16.7. The molecule has 2 saturated heterocycles. The highest BCUT2D eigenvalue weighted by Crippen LogP contribution is 2.76. The number of benzene rings is 4. The van der Waals surface area contributed by atoms with E-state index >= 15 is 0 Å². The van der Waals surface area contributed by atoms with Crippen LogP contribution in [0.25, 0.3) is 0 Å². The van der Waals surface area contributed by atoms with Crippen LogP contribution in [0.15, 0.2) is 121 Å². The zero-order chi connectivity index (χ0) is 27.6. The maximum atomic E-state index is 14.2. The van der Waals surface area contributed by atoms with Crippen molar-refractivity contribution in [1.82, 2.24) is 0 Å². The summed E-state index contributed by atoms with van der Waals surface area (Å²) in [5.41, 5.74) is -5.48. The van der Waals surface area contributed by atoms with Crippen molar-refractivity contribution in [1.29, 1.82) is 0 Å². The molecule has 0 radical (unpaired) electrons. The number of rotatable bonds is 5. The highest BCUT2D eigenvalue weighted by molar-refractivity contribution is 5.88. The summed E-state index contributed by atoms with van der Waals surface area (Å²) in [6.45, 7) is 0. The lowest BCUT2D eigenvalue weighted by molar-refractivity contribution is -0.446. The molecule has 1 unspecified atom stereocenters. The van der Waals surface area contributed by atoms with Crippen molar-refractivity contribution in [3.05, 3.63) is 144 Å². The van der Waals surface area contributed by atoms with E-state index in [1.165, 1.54) is 0 Å². The Morgan fingerprint density at radius 2 is 1.25 bits per heavy atom. The second-order valence-electron chi connectivity index (χ2n) is 11.1. The third kappa shape index (κ3) is 2.99. The zero-order valence-corrected chi connectivity index (χ0v) is 21.8. The molecular formula is C34H30O6. The van der Waals surface area contributed by atoms with Crippen LogP contribution in [-0.2, 0) is 26.3 Å². The molecule has 1 saturated carbocycles. The normalized spacial score (nSPS) is 36.2. The fraction of sp³-hybridized carbons (Fsp3) is 0.265. The first-order valence-corrected chi connectivity index (χ1v) is 13.6. The maximum Gasteiger partial charge on any atom is 0.342 e. The number of hydrogen-bond donors (Lipinski definition) is 3. The first kappa shape index (κ1) is 25.2. The highest BCUT2D eigenvalue weighted by Gasteiger charge is 2.95. The Labute approximate surface area is 232 Å². The fourth-order valence-corrected chi connectivity index (χ4v) is 7.60. The number of aliphatic hydroxyl groups excluding tert-OH is 1. The minimum Gasteiger partial charge on any atom is -0.450 e. The van der Waals surface area contributed by atoms with Gasteiger partial charge in [0.25, 0.3) is 0 Å². The van der Waals surface area contributed by atoms with Gasteiger partial charge in [-0.3, -0.25) is 0 Å². The Morgan fingerprint density at radius 1 is 0.725 bits per heavy atom. The molecule has 202 valence electrons. The molecule has 40 heavy (non-hydrogen) atoms. The summed E-state index contributed by atoms with van der Waals surface area (Å²) >= 11 is 0. The van der Waals surface area contributed by atoms with Gasteiger partial charge in [-0.15, -0.1) is 0 Å². The van der Waals surface area contributed by atoms with E-state index in [0.717, 1.165) is 11.1 Å². The van der Waals surface area contributed by atoms with Crippen molar-refractivity contribution in [2.75, 3.05) is 0 Å². The number of carbonyl (C=O) groups is 1. The van der Waals surface area contributed by atoms with Crippen LogP contribution in [-0.4, -0.2) is 44.2 Å². The van der Waals surface area contributed by atoms with Gasteiger partial charge in [-0.2, -0.15) is 0 Å². The van der Waals surface area contributed by atoms with Crippen molar-refractivity contribution in [3.8, 4) is 0 Å². The maximum absolute atomic E-state index is 14.2. The molecule has 0 amide bonds. The molecule has 6 heteroatoms. The SMILES string of the molecule is O=C1O[C@]23C(c4ccccc4)O[C@]2([C@@]1(O)Cc1ccccc1)[C@@](O)(c1ccccc1)[C@@H](O)C[C@@H]3c1ccccc1. The molecule has 0 aromatic heterocycles. The van der Waals surface area contributed by atoms with Crippen LogP contribution in [0.5, 0.6) is 0 Å². The van der Waals surface area contributed by atoms with Crippen molar-refractivity contribution < 1.29 is 29.6 Å². The summed E-state index contributed by atoms with van der Waals surface area (Å²) in [5, 5.41) is 37.4. The van der Waals surface area contributed by atoms with E-state index in [9.17, 15) is 20.1 Å². The Balaban J connectivity index is 1.54. The summed E-state index contributed by atoms with van der Waals surface area (Å²) in [6.07, 6.45) is -2.27. The average molecular weight is 535 g/mol. The summed E-state index contributed by atoms with van der Waals surface area (Å²) in [5.74, 6) is -1.46. The van der Waals surface area contributed by atoms with Gasteiger partial charge < -0.3 is 24.8 Å². The molecule has 3 aliphatic rings. The van der Waals surface area contributed by atoms with Gasteiger partial charge in [-0.05, 0) is 28.7 Å². The van der Waals surface area contributed by atoms with Gasteiger partial charge in [0.1, 0.15) is 6.10 Å². The van der Waals surface area contributed by atoms with Gasteiger partial charge in [-0.25, -0.2) is 4.79 Å². The van der Waals surface area contributed by atoms with Crippen molar-refractivity contribution >= 4 is 5.97 Å². The molecular weight excluding hydrogens is 504 g/mol. The molecule has 7 atom stereocenters. The number of carbonyl (C=O) groups excluding carboxylic acids is 1. The van der Waals surface area contributed by atoms with Crippen molar-refractivity contribution in [2.24, 2.45) is 0 Å². The Morgan fingerprint density at radius 3 is 1.85 bits per heavy atom. The van der Waals surface area contributed by atoms with Crippen LogP contribution in [0.1, 0.15) is 40.7 Å². The smallest absolute Gasteiger partial charge is 0.342 e. The number of esters is 1.